The van der Waals surface area contributed by atoms with Gasteiger partial charge in [-0.15, -0.1) is 0 Å². The van der Waals surface area contributed by atoms with Gasteiger partial charge in [-0.25, -0.2) is 0 Å². The molecule has 0 spiro atoms. The van der Waals surface area contributed by atoms with Gasteiger partial charge in [0.1, 0.15) is 5.82 Å². The Morgan fingerprint density at radius 2 is 2.16 bits per heavy atom. The molecule has 1 N–H and O–H groups in total. The van der Waals surface area contributed by atoms with E-state index in [0.29, 0.717) is 12.6 Å². The maximum Gasteiger partial charge on any atom is 0.131 e. The van der Waals surface area contributed by atoms with Gasteiger partial charge in [0.2, 0.25) is 0 Å². The van der Waals surface area contributed by atoms with Crippen molar-refractivity contribution < 1.29 is 4.74 Å². The Bertz CT molecular complexity index is 389. The Hall–Kier alpha value is -1.07. The SMILES string of the molecule is CCCNCc1c(C)nn(C)c1N(C)C(C)COC. The monoisotopic (exact) mass is 268 g/mol. The first-order valence-corrected chi connectivity index (χ1v) is 6.97. The van der Waals surface area contributed by atoms with Crippen LogP contribution in [0.2, 0.25) is 0 Å². The van der Waals surface area contributed by atoms with E-state index in [-0.39, 0.29) is 0 Å². The smallest absolute Gasteiger partial charge is 0.131 e. The number of rotatable bonds is 8. The molecule has 1 atom stereocenters. The number of aryl methyl sites for hydroxylation is 2. The van der Waals surface area contributed by atoms with Gasteiger partial charge in [0.25, 0.3) is 0 Å². The number of likely N-dealkylation sites (N-methyl/N-ethyl adjacent to an activating group) is 1. The van der Waals surface area contributed by atoms with E-state index in [0.717, 1.165) is 25.2 Å². The van der Waals surface area contributed by atoms with E-state index in [1.54, 1.807) is 7.11 Å². The van der Waals surface area contributed by atoms with Crippen LogP contribution in [0.3, 0.4) is 0 Å². The van der Waals surface area contributed by atoms with Crippen LogP contribution in [0.15, 0.2) is 0 Å². The first-order chi connectivity index (χ1) is 9.02. The molecule has 0 saturated carbocycles. The summed E-state index contributed by atoms with van der Waals surface area (Å²) < 4.78 is 7.21. The molecule has 1 aromatic rings. The lowest BCUT2D eigenvalue weighted by Crippen LogP contribution is -2.35. The normalized spacial score (nSPS) is 12.7. The number of hydrogen-bond donors (Lipinski definition) is 1. The minimum absolute atomic E-state index is 0.324. The van der Waals surface area contributed by atoms with Crippen molar-refractivity contribution in [2.24, 2.45) is 7.05 Å². The second kappa shape index (κ2) is 7.50. The molecule has 0 bridgehead atoms. The van der Waals surface area contributed by atoms with Gasteiger partial charge in [-0.2, -0.15) is 5.10 Å². The van der Waals surface area contributed by atoms with Crippen molar-refractivity contribution in [3.63, 3.8) is 0 Å². The van der Waals surface area contributed by atoms with E-state index >= 15 is 0 Å². The Labute approximate surface area is 116 Å². The molecule has 0 saturated heterocycles. The van der Waals surface area contributed by atoms with E-state index in [4.69, 9.17) is 4.74 Å². The summed E-state index contributed by atoms with van der Waals surface area (Å²) in [6.07, 6.45) is 1.14. The Morgan fingerprint density at radius 1 is 1.47 bits per heavy atom. The van der Waals surface area contributed by atoms with Gasteiger partial charge >= 0.3 is 0 Å². The number of anilines is 1. The van der Waals surface area contributed by atoms with Gasteiger partial charge < -0.3 is 15.0 Å². The lowest BCUT2D eigenvalue weighted by molar-refractivity contribution is 0.183. The van der Waals surface area contributed by atoms with E-state index in [2.05, 4.69) is 43.1 Å². The fourth-order valence-corrected chi connectivity index (χ4v) is 2.29. The zero-order valence-electron chi connectivity index (χ0n) is 13.2. The van der Waals surface area contributed by atoms with Crippen molar-refractivity contribution in [2.45, 2.75) is 39.8 Å². The molecule has 110 valence electrons. The van der Waals surface area contributed by atoms with Crippen molar-refractivity contribution in [3.05, 3.63) is 11.3 Å². The van der Waals surface area contributed by atoms with Gasteiger partial charge in [-0.3, -0.25) is 4.68 Å². The molecule has 0 aliphatic carbocycles. The van der Waals surface area contributed by atoms with Gasteiger partial charge in [0.05, 0.1) is 18.3 Å². The molecule has 1 aromatic heterocycles. The van der Waals surface area contributed by atoms with Gasteiger partial charge in [-0.1, -0.05) is 6.92 Å². The van der Waals surface area contributed by atoms with Crippen LogP contribution in [0.25, 0.3) is 0 Å². The lowest BCUT2D eigenvalue weighted by Gasteiger charge is -2.27. The number of nitrogens with one attached hydrogen (secondary N) is 1. The summed E-state index contributed by atoms with van der Waals surface area (Å²) in [6.45, 7) is 9.02. The fourth-order valence-electron chi connectivity index (χ4n) is 2.29. The van der Waals surface area contributed by atoms with Crippen LogP contribution in [0.5, 0.6) is 0 Å². The maximum atomic E-state index is 5.24. The molecule has 1 unspecified atom stereocenters. The van der Waals surface area contributed by atoms with Crippen LogP contribution >= 0.6 is 0 Å². The second-order valence-corrected chi connectivity index (χ2v) is 5.10. The summed E-state index contributed by atoms with van der Waals surface area (Å²) in [5, 5.41) is 8.01. The highest BCUT2D eigenvalue weighted by Crippen LogP contribution is 2.23. The molecular formula is C14H28N4O. The molecule has 5 nitrogen and oxygen atoms in total. The van der Waals surface area contributed by atoms with Crippen LogP contribution in [0, 0.1) is 6.92 Å². The second-order valence-electron chi connectivity index (χ2n) is 5.10. The summed E-state index contributed by atoms with van der Waals surface area (Å²) in [5.74, 6) is 1.17. The predicted octanol–water partition coefficient (Wildman–Crippen LogP) is 1.70. The highest BCUT2D eigenvalue weighted by Gasteiger charge is 2.20. The Morgan fingerprint density at radius 3 is 2.74 bits per heavy atom. The number of nitrogens with zero attached hydrogens (tertiary/aromatic N) is 3. The van der Waals surface area contributed by atoms with Crippen LogP contribution in [-0.2, 0) is 18.3 Å². The number of ether oxygens (including phenoxy) is 1. The summed E-state index contributed by atoms with van der Waals surface area (Å²) >= 11 is 0. The van der Waals surface area contributed by atoms with E-state index < -0.39 is 0 Å². The number of methoxy groups -OCH3 is 1. The zero-order chi connectivity index (χ0) is 14.4. The summed E-state index contributed by atoms with van der Waals surface area (Å²) in [4.78, 5) is 2.24. The maximum absolute atomic E-state index is 5.24. The predicted molar refractivity (Wildman–Crippen MR) is 79.7 cm³/mol. The molecule has 1 rings (SSSR count). The third-order valence-corrected chi connectivity index (χ3v) is 3.44. The van der Waals surface area contributed by atoms with Crippen molar-refractivity contribution in [2.75, 3.05) is 32.2 Å². The van der Waals surface area contributed by atoms with Gasteiger partial charge in [-0.05, 0) is 26.8 Å². The molecule has 0 aromatic carbocycles. The van der Waals surface area contributed by atoms with Crippen molar-refractivity contribution >= 4 is 5.82 Å². The molecule has 0 radical (unpaired) electrons. The summed E-state index contributed by atoms with van der Waals surface area (Å²) in [5.41, 5.74) is 2.37. The first kappa shape index (κ1) is 16.0. The molecular weight excluding hydrogens is 240 g/mol. The van der Waals surface area contributed by atoms with Crippen molar-refractivity contribution in [1.29, 1.82) is 0 Å². The van der Waals surface area contributed by atoms with E-state index in [9.17, 15) is 0 Å². The topological polar surface area (TPSA) is 42.3 Å². The highest BCUT2D eigenvalue weighted by atomic mass is 16.5. The van der Waals surface area contributed by atoms with Crippen molar-refractivity contribution in [3.8, 4) is 0 Å². The molecule has 19 heavy (non-hydrogen) atoms. The third-order valence-electron chi connectivity index (χ3n) is 3.44. The summed E-state index contributed by atoms with van der Waals surface area (Å²) in [7, 11) is 5.84. The molecule has 0 aliphatic heterocycles. The zero-order valence-corrected chi connectivity index (χ0v) is 13.2. The van der Waals surface area contributed by atoms with Crippen LogP contribution in [-0.4, -0.2) is 43.1 Å². The Balaban J connectivity index is 2.91. The molecule has 0 amide bonds. The number of hydrogen-bond acceptors (Lipinski definition) is 4. The van der Waals surface area contributed by atoms with Gasteiger partial charge in [0, 0.05) is 33.3 Å². The molecule has 5 heteroatoms. The van der Waals surface area contributed by atoms with Gasteiger partial charge in [0.15, 0.2) is 0 Å². The van der Waals surface area contributed by atoms with E-state index in [1.807, 2.05) is 11.7 Å². The molecule has 0 fully saturated rings. The third kappa shape index (κ3) is 3.94. The minimum atomic E-state index is 0.324. The summed E-state index contributed by atoms with van der Waals surface area (Å²) in [6, 6.07) is 0.324. The quantitative estimate of drug-likeness (QED) is 0.729. The van der Waals surface area contributed by atoms with Crippen LogP contribution in [0.1, 0.15) is 31.5 Å². The Kier molecular flexibility index (Phi) is 6.31. The van der Waals surface area contributed by atoms with Crippen LogP contribution < -0.4 is 10.2 Å². The lowest BCUT2D eigenvalue weighted by atomic mass is 10.2. The van der Waals surface area contributed by atoms with Crippen molar-refractivity contribution in [1.82, 2.24) is 15.1 Å². The largest absolute Gasteiger partial charge is 0.383 e. The fraction of sp³-hybridized carbons (Fsp3) is 0.786. The standard InChI is InChI=1S/C14H28N4O/c1-7-8-15-9-13-12(3)16-18(5)14(13)17(4)11(2)10-19-6/h11,15H,7-10H2,1-6H3. The average molecular weight is 268 g/mol. The minimum Gasteiger partial charge on any atom is -0.383 e. The first-order valence-electron chi connectivity index (χ1n) is 6.97. The van der Waals surface area contributed by atoms with Crippen LogP contribution in [0.4, 0.5) is 5.82 Å². The average Bonchev–Trinajstić information content (AvgIpc) is 2.64. The molecule has 1 heterocycles. The molecule has 0 aliphatic rings. The van der Waals surface area contributed by atoms with E-state index in [1.165, 1.54) is 11.4 Å². The number of aromatic nitrogens is 2. The highest BCUT2D eigenvalue weighted by molar-refractivity contribution is 5.50.